The Morgan fingerprint density at radius 3 is 2.84 bits per heavy atom. The maximum absolute atomic E-state index is 11.7. The monoisotopic (exact) mass is 280 g/mol. The average Bonchev–Trinajstić information content (AvgIpc) is 2.96. The Labute approximate surface area is 115 Å². The van der Waals surface area contributed by atoms with Crippen LogP contribution in [0.4, 0.5) is 0 Å². The molecule has 2 amide bonds. The van der Waals surface area contributed by atoms with Gasteiger partial charge < -0.3 is 15.0 Å². The normalized spacial score (nSPS) is 15.7. The Morgan fingerprint density at radius 1 is 1.37 bits per heavy atom. The van der Waals surface area contributed by atoms with E-state index in [2.05, 4.69) is 5.32 Å². The summed E-state index contributed by atoms with van der Waals surface area (Å²) in [6.45, 7) is 2.78. The fourth-order valence-electron chi connectivity index (χ4n) is 1.68. The second-order valence-electron chi connectivity index (χ2n) is 4.07. The molecule has 1 aliphatic rings. The first-order valence-electron chi connectivity index (χ1n) is 6.10. The number of carbonyl (C=O) groups excluding carboxylic acids is 2. The predicted octanol–water partition coefficient (Wildman–Crippen LogP) is 0.779. The second kappa shape index (κ2) is 7.06. The van der Waals surface area contributed by atoms with Crippen LogP contribution in [0.25, 0.3) is 0 Å². The van der Waals surface area contributed by atoms with E-state index in [1.807, 2.05) is 17.5 Å². The smallest absolute Gasteiger partial charge is 0.246 e. The van der Waals surface area contributed by atoms with E-state index in [-0.39, 0.29) is 11.8 Å². The maximum Gasteiger partial charge on any atom is 0.246 e. The lowest BCUT2D eigenvalue weighted by molar-refractivity contribution is -0.130. The fraction of sp³-hybridized carbons (Fsp3) is 0.385. The molecule has 0 radical (unpaired) electrons. The van der Waals surface area contributed by atoms with Gasteiger partial charge in [0.1, 0.15) is 0 Å². The van der Waals surface area contributed by atoms with Crippen molar-refractivity contribution in [3.8, 4) is 0 Å². The highest BCUT2D eigenvalue weighted by molar-refractivity contribution is 7.09. The molecule has 0 atom stereocenters. The molecule has 0 saturated carbocycles. The molecule has 0 unspecified atom stereocenters. The molecule has 0 bridgehead atoms. The highest BCUT2D eigenvalue weighted by Crippen LogP contribution is 2.07. The van der Waals surface area contributed by atoms with Crippen molar-refractivity contribution in [2.24, 2.45) is 0 Å². The minimum Gasteiger partial charge on any atom is -0.378 e. The van der Waals surface area contributed by atoms with E-state index in [1.54, 1.807) is 16.2 Å². The summed E-state index contributed by atoms with van der Waals surface area (Å²) in [5.41, 5.74) is 0. The van der Waals surface area contributed by atoms with Gasteiger partial charge in [0.2, 0.25) is 11.8 Å². The number of ether oxygens (including phenoxy) is 1. The Kier molecular flexibility index (Phi) is 5.11. The number of rotatable bonds is 4. The number of hydrogen-bond donors (Lipinski definition) is 1. The molecule has 1 aromatic rings. The Balaban J connectivity index is 1.74. The zero-order valence-corrected chi connectivity index (χ0v) is 11.3. The molecule has 1 N–H and O–H groups in total. The molecular formula is C13H16N2O3S. The van der Waals surface area contributed by atoms with Gasteiger partial charge in [-0.25, -0.2) is 0 Å². The van der Waals surface area contributed by atoms with Crippen LogP contribution in [-0.4, -0.2) is 43.0 Å². The lowest BCUT2D eigenvalue weighted by Gasteiger charge is -2.25. The summed E-state index contributed by atoms with van der Waals surface area (Å²) in [6.07, 6.45) is 2.60. The van der Waals surface area contributed by atoms with E-state index < -0.39 is 0 Å². The van der Waals surface area contributed by atoms with Gasteiger partial charge in [-0.05, 0) is 11.4 Å². The number of carbonyl (C=O) groups is 2. The summed E-state index contributed by atoms with van der Waals surface area (Å²) in [6, 6.07) is 3.89. The third-order valence-electron chi connectivity index (χ3n) is 2.72. The summed E-state index contributed by atoms with van der Waals surface area (Å²) in [7, 11) is 0. The van der Waals surface area contributed by atoms with E-state index in [9.17, 15) is 9.59 Å². The minimum atomic E-state index is -0.255. The van der Waals surface area contributed by atoms with Gasteiger partial charge in [-0.3, -0.25) is 9.59 Å². The van der Waals surface area contributed by atoms with Gasteiger partial charge in [0.15, 0.2) is 0 Å². The van der Waals surface area contributed by atoms with Crippen LogP contribution in [0.15, 0.2) is 29.7 Å². The van der Waals surface area contributed by atoms with E-state index in [4.69, 9.17) is 4.74 Å². The number of amides is 2. The van der Waals surface area contributed by atoms with Gasteiger partial charge in [-0.1, -0.05) is 6.07 Å². The molecule has 102 valence electrons. The molecule has 0 aliphatic carbocycles. The summed E-state index contributed by atoms with van der Waals surface area (Å²) in [5.74, 6) is -0.399. The van der Waals surface area contributed by atoms with Crippen LogP contribution in [0.1, 0.15) is 4.88 Å². The molecule has 2 heterocycles. The number of nitrogens with zero attached hydrogens (tertiary/aromatic N) is 1. The quantitative estimate of drug-likeness (QED) is 0.829. The van der Waals surface area contributed by atoms with Gasteiger partial charge in [0.05, 0.1) is 19.8 Å². The Bertz CT molecular complexity index is 450. The van der Waals surface area contributed by atoms with E-state index in [0.29, 0.717) is 32.8 Å². The molecule has 0 spiro atoms. The van der Waals surface area contributed by atoms with Crippen LogP contribution in [-0.2, 0) is 20.9 Å². The first kappa shape index (κ1) is 13.8. The lowest BCUT2D eigenvalue weighted by atomic mass is 10.3. The van der Waals surface area contributed by atoms with Crippen molar-refractivity contribution in [3.63, 3.8) is 0 Å². The highest BCUT2D eigenvalue weighted by Gasteiger charge is 2.14. The van der Waals surface area contributed by atoms with Gasteiger partial charge in [0, 0.05) is 30.1 Å². The minimum absolute atomic E-state index is 0.144. The summed E-state index contributed by atoms with van der Waals surface area (Å²) >= 11 is 1.58. The van der Waals surface area contributed by atoms with Gasteiger partial charge in [-0.15, -0.1) is 11.3 Å². The van der Waals surface area contributed by atoms with Crippen molar-refractivity contribution in [1.29, 1.82) is 0 Å². The molecule has 5 nitrogen and oxygen atoms in total. The molecule has 1 saturated heterocycles. The predicted molar refractivity (Wildman–Crippen MR) is 72.7 cm³/mol. The molecule has 1 fully saturated rings. The number of morpholine rings is 1. The van der Waals surface area contributed by atoms with Crippen molar-refractivity contribution < 1.29 is 14.3 Å². The standard InChI is InChI=1S/C13H16N2O3S/c16-12(14-10-11-2-1-9-19-11)3-4-13(17)15-5-7-18-8-6-15/h1-4,9H,5-8,10H2,(H,14,16). The highest BCUT2D eigenvalue weighted by atomic mass is 32.1. The molecule has 1 aromatic heterocycles. The van der Waals surface area contributed by atoms with Crippen LogP contribution < -0.4 is 5.32 Å². The van der Waals surface area contributed by atoms with Crippen LogP contribution >= 0.6 is 11.3 Å². The number of thiophene rings is 1. The van der Waals surface area contributed by atoms with Crippen molar-refractivity contribution in [1.82, 2.24) is 10.2 Å². The Morgan fingerprint density at radius 2 is 2.16 bits per heavy atom. The average molecular weight is 280 g/mol. The van der Waals surface area contributed by atoms with Gasteiger partial charge >= 0.3 is 0 Å². The summed E-state index contributed by atoms with van der Waals surface area (Å²) in [5, 5.41) is 4.69. The van der Waals surface area contributed by atoms with E-state index in [0.717, 1.165) is 4.88 Å². The Hall–Kier alpha value is -1.66. The zero-order chi connectivity index (χ0) is 13.5. The van der Waals surface area contributed by atoms with Gasteiger partial charge in [-0.2, -0.15) is 0 Å². The number of nitrogens with one attached hydrogen (secondary N) is 1. The van der Waals surface area contributed by atoms with Crippen molar-refractivity contribution >= 4 is 23.2 Å². The molecule has 19 heavy (non-hydrogen) atoms. The molecular weight excluding hydrogens is 264 g/mol. The number of hydrogen-bond acceptors (Lipinski definition) is 4. The summed E-state index contributed by atoms with van der Waals surface area (Å²) in [4.78, 5) is 26.0. The van der Waals surface area contributed by atoms with Crippen LogP contribution in [0.5, 0.6) is 0 Å². The van der Waals surface area contributed by atoms with Crippen LogP contribution in [0.3, 0.4) is 0 Å². The maximum atomic E-state index is 11.7. The van der Waals surface area contributed by atoms with Crippen molar-refractivity contribution in [2.75, 3.05) is 26.3 Å². The fourth-order valence-corrected chi connectivity index (χ4v) is 2.33. The second-order valence-corrected chi connectivity index (χ2v) is 5.10. The third-order valence-corrected chi connectivity index (χ3v) is 3.59. The van der Waals surface area contributed by atoms with Crippen molar-refractivity contribution in [3.05, 3.63) is 34.5 Å². The topological polar surface area (TPSA) is 58.6 Å². The van der Waals surface area contributed by atoms with Crippen LogP contribution in [0, 0.1) is 0 Å². The lowest BCUT2D eigenvalue weighted by Crippen LogP contribution is -2.39. The van der Waals surface area contributed by atoms with Crippen molar-refractivity contribution in [2.45, 2.75) is 6.54 Å². The third kappa shape index (κ3) is 4.50. The first-order chi connectivity index (χ1) is 9.25. The molecule has 0 aromatic carbocycles. The molecule has 1 aliphatic heterocycles. The molecule has 2 rings (SSSR count). The van der Waals surface area contributed by atoms with Crippen LogP contribution in [0.2, 0.25) is 0 Å². The first-order valence-corrected chi connectivity index (χ1v) is 6.98. The van der Waals surface area contributed by atoms with E-state index in [1.165, 1.54) is 12.2 Å². The molecule has 6 heteroatoms. The van der Waals surface area contributed by atoms with E-state index >= 15 is 0 Å². The summed E-state index contributed by atoms with van der Waals surface area (Å²) < 4.78 is 5.16. The largest absolute Gasteiger partial charge is 0.378 e. The van der Waals surface area contributed by atoms with Gasteiger partial charge in [0.25, 0.3) is 0 Å². The zero-order valence-electron chi connectivity index (χ0n) is 10.5. The SMILES string of the molecule is O=C(C=CC(=O)N1CCOCC1)NCc1cccs1.